The minimum Gasteiger partial charge on any atom is -0.496 e. The molecule has 0 radical (unpaired) electrons. The number of ether oxygens (including phenoxy) is 3. The Hall–Kier alpha value is -2.04. The number of hydrogen-bond acceptors (Lipinski definition) is 5. The molecule has 0 aliphatic carbocycles. The first kappa shape index (κ1) is 26.0. The number of carbonyl (C=O) groups excluding carboxylic acids is 2. The van der Waals surface area contributed by atoms with E-state index in [-0.39, 0.29) is 5.56 Å². The molecule has 1 aromatic rings. The average molecular weight is 421 g/mol. The van der Waals surface area contributed by atoms with Crippen LogP contribution in [-0.2, 0) is 9.47 Å². The van der Waals surface area contributed by atoms with Crippen LogP contribution >= 0.6 is 0 Å². The summed E-state index contributed by atoms with van der Waals surface area (Å²) < 4.78 is 16.4. The summed E-state index contributed by atoms with van der Waals surface area (Å²) in [5, 5.41) is 0. The Morgan fingerprint density at radius 3 is 1.83 bits per heavy atom. The lowest BCUT2D eigenvalue weighted by atomic mass is 10.0. The molecule has 0 saturated heterocycles. The highest BCUT2D eigenvalue weighted by atomic mass is 16.5. The minimum absolute atomic E-state index is 0.260. The van der Waals surface area contributed by atoms with Crippen LogP contribution in [0.15, 0.2) is 18.2 Å². The third kappa shape index (κ3) is 8.76. The molecule has 2 unspecified atom stereocenters. The standard InChI is InChI=1S/C25H40O5/c1-6-10-12-19(8-3)17-29-24(26)21-14-15-23(28-5)22(16-21)25(27)30-18-20(9-4)13-11-7-2/h14-16,19-20H,6-13,17-18H2,1-5H3. The highest BCUT2D eigenvalue weighted by molar-refractivity contribution is 5.97. The van der Waals surface area contributed by atoms with Crippen molar-refractivity contribution in [2.75, 3.05) is 20.3 Å². The Morgan fingerprint density at radius 2 is 1.37 bits per heavy atom. The predicted molar refractivity (Wildman–Crippen MR) is 120 cm³/mol. The number of benzene rings is 1. The van der Waals surface area contributed by atoms with E-state index in [2.05, 4.69) is 27.7 Å². The molecular formula is C25H40O5. The van der Waals surface area contributed by atoms with Crippen LogP contribution in [0.1, 0.15) is 99.8 Å². The van der Waals surface area contributed by atoms with Gasteiger partial charge in [-0.1, -0.05) is 66.2 Å². The SMILES string of the molecule is CCCCC(CC)COC(=O)c1ccc(OC)c(C(=O)OCC(CC)CCCC)c1. The highest BCUT2D eigenvalue weighted by Crippen LogP contribution is 2.23. The van der Waals surface area contributed by atoms with Crippen molar-refractivity contribution < 1.29 is 23.8 Å². The van der Waals surface area contributed by atoms with Gasteiger partial charge < -0.3 is 14.2 Å². The van der Waals surface area contributed by atoms with E-state index in [1.54, 1.807) is 12.1 Å². The zero-order chi connectivity index (χ0) is 22.4. The van der Waals surface area contributed by atoms with Gasteiger partial charge >= 0.3 is 11.9 Å². The fourth-order valence-corrected chi connectivity index (χ4v) is 3.34. The Balaban J connectivity index is 2.79. The molecule has 0 aliphatic rings. The average Bonchev–Trinajstić information content (AvgIpc) is 2.78. The van der Waals surface area contributed by atoms with Crippen LogP contribution in [0.5, 0.6) is 5.75 Å². The Kier molecular flexibility index (Phi) is 12.9. The first-order valence-electron chi connectivity index (χ1n) is 11.5. The summed E-state index contributed by atoms with van der Waals surface area (Å²) >= 11 is 0. The van der Waals surface area contributed by atoms with Gasteiger partial charge in [-0.05, 0) is 42.9 Å². The first-order chi connectivity index (χ1) is 14.5. The molecule has 1 aromatic carbocycles. The first-order valence-corrected chi connectivity index (χ1v) is 11.5. The Bertz CT molecular complexity index is 640. The van der Waals surface area contributed by atoms with Crippen LogP contribution < -0.4 is 4.74 Å². The van der Waals surface area contributed by atoms with Crippen molar-refractivity contribution in [3.63, 3.8) is 0 Å². The van der Waals surface area contributed by atoms with Crippen LogP contribution in [0, 0.1) is 11.8 Å². The molecule has 0 fully saturated rings. The largest absolute Gasteiger partial charge is 0.496 e. The van der Waals surface area contributed by atoms with E-state index >= 15 is 0 Å². The Labute approximate surface area is 182 Å². The minimum atomic E-state index is -0.467. The zero-order valence-corrected chi connectivity index (χ0v) is 19.5. The van der Waals surface area contributed by atoms with E-state index in [0.717, 1.165) is 51.4 Å². The molecule has 0 aliphatic heterocycles. The second-order valence-electron chi connectivity index (χ2n) is 7.94. The van der Waals surface area contributed by atoms with E-state index in [4.69, 9.17) is 14.2 Å². The third-order valence-corrected chi connectivity index (χ3v) is 5.64. The number of unbranched alkanes of at least 4 members (excludes halogenated alkanes) is 2. The zero-order valence-electron chi connectivity index (χ0n) is 19.5. The summed E-state index contributed by atoms with van der Waals surface area (Å²) in [6.07, 6.45) is 8.55. The van der Waals surface area contributed by atoms with Gasteiger partial charge in [0.15, 0.2) is 0 Å². The second-order valence-corrected chi connectivity index (χ2v) is 7.94. The van der Waals surface area contributed by atoms with Crippen LogP contribution in [-0.4, -0.2) is 32.3 Å². The van der Waals surface area contributed by atoms with Gasteiger partial charge in [0.25, 0.3) is 0 Å². The molecule has 0 saturated carbocycles. The van der Waals surface area contributed by atoms with Crippen molar-refractivity contribution in [2.45, 2.75) is 79.1 Å². The van der Waals surface area contributed by atoms with Crippen molar-refractivity contribution in [1.82, 2.24) is 0 Å². The van der Waals surface area contributed by atoms with E-state index in [9.17, 15) is 9.59 Å². The van der Waals surface area contributed by atoms with E-state index < -0.39 is 11.9 Å². The van der Waals surface area contributed by atoms with Crippen LogP contribution in [0.2, 0.25) is 0 Å². The second kappa shape index (κ2) is 14.9. The number of esters is 2. The molecule has 0 amide bonds. The molecule has 0 spiro atoms. The fourth-order valence-electron chi connectivity index (χ4n) is 3.34. The Morgan fingerprint density at radius 1 is 0.833 bits per heavy atom. The van der Waals surface area contributed by atoms with Crippen molar-refractivity contribution in [1.29, 1.82) is 0 Å². The fraction of sp³-hybridized carbons (Fsp3) is 0.680. The van der Waals surface area contributed by atoms with E-state index in [0.29, 0.717) is 36.4 Å². The molecule has 1 rings (SSSR count). The maximum Gasteiger partial charge on any atom is 0.341 e. The summed E-state index contributed by atoms with van der Waals surface area (Å²) in [6, 6.07) is 4.76. The molecular weight excluding hydrogens is 380 g/mol. The number of carbonyl (C=O) groups is 2. The van der Waals surface area contributed by atoms with Crippen molar-refractivity contribution in [3.8, 4) is 5.75 Å². The molecule has 0 aromatic heterocycles. The molecule has 0 bridgehead atoms. The van der Waals surface area contributed by atoms with Gasteiger partial charge in [-0.15, -0.1) is 0 Å². The van der Waals surface area contributed by atoms with Gasteiger partial charge in [0.2, 0.25) is 0 Å². The van der Waals surface area contributed by atoms with E-state index in [1.807, 2.05) is 0 Å². The number of methoxy groups -OCH3 is 1. The summed E-state index contributed by atoms with van der Waals surface area (Å²) in [4.78, 5) is 25.2. The van der Waals surface area contributed by atoms with Crippen LogP contribution in [0.25, 0.3) is 0 Å². The van der Waals surface area contributed by atoms with Crippen molar-refractivity contribution in [2.24, 2.45) is 11.8 Å². The van der Waals surface area contributed by atoms with Gasteiger partial charge in [-0.2, -0.15) is 0 Å². The number of hydrogen-bond donors (Lipinski definition) is 0. The molecule has 30 heavy (non-hydrogen) atoms. The molecule has 170 valence electrons. The lowest BCUT2D eigenvalue weighted by Crippen LogP contribution is -2.17. The monoisotopic (exact) mass is 420 g/mol. The topological polar surface area (TPSA) is 61.8 Å². The van der Waals surface area contributed by atoms with Crippen molar-refractivity contribution in [3.05, 3.63) is 29.3 Å². The van der Waals surface area contributed by atoms with Crippen molar-refractivity contribution >= 4 is 11.9 Å². The molecule has 2 atom stereocenters. The van der Waals surface area contributed by atoms with Gasteiger partial charge in [0.1, 0.15) is 11.3 Å². The lowest BCUT2D eigenvalue weighted by Gasteiger charge is -2.16. The lowest BCUT2D eigenvalue weighted by molar-refractivity contribution is 0.0423. The van der Waals surface area contributed by atoms with Gasteiger partial charge in [-0.25, -0.2) is 9.59 Å². The summed E-state index contributed by atoms with van der Waals surface area (Å²) in [5.41, 5.74) is 0.599. The summed E-state index contributed by atoms with van der Waals surface area (Å²) in [6.45, 7) is 9.30. The normalized spacial score (nSPS) is 12.8. The quantitative estimate of drug-likeness (QED) is 0.305. The summed E-state index contributed by atoms with van der Waals surface area (Å²) in [5.74, 6) is 0.224. The number of rotatable bonds is 15. The maximum atomic E-state index is 12.7. The maximum absolute atomic E-state index is 12.7. The van der Waals surface area contributed by atoms with Gasteiger partial charge in [-0.3, -0.25) is 0 Å². The van der Waals surface area contributed by atoms with E-state index in [1.165, 1.54) is 13.2 Å². The molecule has 0 heterocycles. The van der Waals surface area contributed by atoms with Crippen LogP contribution in [0.4, 0.5) is 0 Å². The highest BCUT2D eigenvalue weighted by Gasteiger charge is 2.20. The van der Waals surface area contributed by atoms with Crippen LogP contribution in [0.3, 0.4) is 0 Å². The molecule has 5 heteroatoms. The smallest absolute Gasteiger partial charge is 0.341 e. The summed E-state index contributed by atoms with van der Waals surface area (Å²) in [7, 11) is 1.50. The molecule has 0 N–H and O–H groups in total. The molecule has 5 nitrogen and oxygen atoms in total. The van der Waals surface area contributed by atoms with Gasteiger partial charge in [0, 0.05) is 0 Å². The predicted octanol–water partition coefficient (Wildman–Crippen LogP) is 6.44. The third-order valence-electron chi connectivity index (χ3n) is 5.64. The van der Waals surface area contributed by atoms with Gasteiger partial charge in [0.05, 0.1) is 25.9 Å².